The van der Waals surface area contributed by atoms with Crippen molar-refractivity contribution in [2.45, 2.75) is 31.6 Å². The van der Waals surface area contributed by atoms with Gasteiger partial charge in [0.25, 0.3) is 0 Å². The molecule has 5 heteroatoms. The molecule has 0 heterocycles. The number of nitrogens with one attached hydrogen (secondary N) is 1. The maximum Gasteiger partial charge on any atom is 0.155 e. The van der Waals surface area contributed by atoms with E-state index in [9.17, 15) is 8.42 Å². The van der Waals surface area contributed by atoms with Gasteiger partial charge < -0.3 is 10.1 Å². The van der Waals surface area contributed by atoms with Crippen molar-refractivity contribution in [2.75, 3.05) is 19.4 Å². The summed E-state index contributed by atoms with van der Waals surface area (Å²) in [4.78, 5) is 0. The Morgan fingerprint density at radius 1 is 1.37 bits per heavy atom. The van der Waals surface area contributed by atoms with Crippen molar-refractivity contribution in [1.82, 2.24) is 5.32 Å². The predicted molar refractivity (Wildman–Crippen MR) is 76.4 cm³/mol. The Labute approximate surface area is 115 Å². The van der Waals surface area contributed by atoms with Crippen LogP contribution in [0.1, 0.15) is 31.0 Å². The van der Waals surface area contributed by atoms with Gasteiger partial charge in [-0.25, -0.2) is 8.42 Å². The molecule has 1 aromatic rings. The van der Waals surface area contributed by atoms with Gasteiger partial charge in [0.05, 0.1) is 12.4 Å². The lowest BCUT2D eigenvalue weighted by Gasteiger charge is -2.21. The molecule has 0 amide bonds. The summed E-state index contributed by atoms with van der Waals surface area (Å²) in [5.74, 6) is 0.959. The molecular weight excluding hydrogens is 262 g/mol. The summed E-state index contributed by atoms with van der Waals surface area (Å²) in [6, 6.07) is 5.69. The molecule has 2 unspecified atom stereocenters. The van der Waals surface area contributed by atoms with E-state index in [0.29, 0.717) is 6.42 Å². The van der Waals surface area contributed by atoms with Gasteiger partial charge in [0.1, 0.15) is 5.75 Å². The van der Waals surface area contributed by atoms with E-state index in [1.165, 1.54) is 0 Å². The average molecular weight is 283 g/mol. The van der Waals surface area contributed by atoms with E-state index in [-0.39, 0.29) is 17.0 Å². The van der Waals surface area contributed by atoms with E-state index in [2.05, 4.69) is 5.32 Å². The lowest BCUT2D eigenvalue weighted by molar-refractivity contribution is 0.413. The van der Waals surface area contributed by atoms with E-state index in [1.807, 2.05) is 25.1 Å². The van der Waals surface area contributed by atoms with Crippen molar-refractivity contribution < 1.29 is 13.2 Å². The van der Waals surface area contributed by atoms with E-state index in [4.69, 9.17) is 4.74 Å². The molecule has 1 aliphatic rings. The number of hydrogen-bond acceptors (Lipinski definition) is 4. The van der Waals surface area contributed by atoms with E-state index in [1.54, 1.807) is 14.0 Å². The van der Waals surface area contributed by atoms with Crippen molar-refractivity contribution >= 4 is 9.84 Å². The third-order valence-corrected chi connectivity index (χ3v) is 5.93. The standard InChI is InChI=1S/C14H21NO3S/c1-4-15-14-12-9-11(18-3)7-6-10(12)8-13(14)19(16,17)5-2/h6-7,9,13-15H,4-5,8H2,1-3H3. The number of methoxy groups -OCH3 is 1. The monoisotopic (exact) mass is 283 g/mol. The summed E-state index contributed by atoms with van der Waals surface area (Å²) >= 11 is 0. The van der Waals surface area contributed by atoms with Crippen molar-refractivity contribution in [3.05, 3.63) is 29.3 Å². The molecule has 0 saturated heterocycles. The molecule has 106 valence electrons. The average Bonchev–Trinajstić information content (AvgIpc) is 2.78. The summed E-state index contributed by atoms with van der Waals surface area (Å²) in [5.41, 5.74) is 2.16. The third-order valence-electron chi connectivity index (χ3n) is 3.77. The minimum absolute atomic E-state index is 0.125. The molecule has 2 rings (SSSR count). The van der Waals surface area contributed by atoms with Crippen molar-refractivity contribution in [3.8, 4) is 5.75 Å². The largest absolute Gasteiger partial charge is 0.497 e. The van der Waals surface area contributed by atoms with Crippen LogP contribution in [0.2, 0.25) is 0 Å². The maximum atomic E-state index is 12.2. The number of sulfone groups is 1. The third kappa shape index (κ3) is 2.62. The molecule has 0 spiro atoms. The van der Waals surface area contributed by atoms with Gasteiger partial charge >= 0.3 is 0 Å². The van der Waals surface area contributed by atoms with Crippen molar-refractivity contribution in [1.29, 1.82) is 0 Å². The van der Waals surface area contributed by atoms with Crippen LogP contribution in [0.25, 0.3) is 0 Å². The summed E-state index contributed by atoms with van der Waals surface area (Å²) in [6.07, 6.45) is 0.590. The molecule has 4 nitrogen and oxygen atoms in total. The lowest BCUT2D eigenvalue weighted by atomic mass is 10.1. The highest BCUT2D eigenvalue weighted by Gasteiger charge is 2.39. The Morgan fingerprint density at radius 2 is 2.11 bits per heavy atom. The summed E-state index contributed by atoms with van der Waals surface area (Å²) in [5, 5.41) is 2.95. The molecule has 1 N–H and O–H groups in total. The van der Waals surface area contributed by atoms with Crippen LogP contribution < -0.4 is 10.1 Å². The van der Waals surface area contributed by atoms with E-state index >= 15 is 0 Å². The Morgan fingerprint density at radius 3 is 2.68 bits per heavy atom. The number of rotatable bonds is 5. The normalized spacial score (nSPS) is 22.3. The van der Waals surface area contributed by atoms with E-state index < -0.39 is 9.84 Å². The second kappa shape index (κ2) is 5.51. The van der Waals surface area contributed by atoms with E-state index in [0.717, 1.165) is 23.4 Å². The van der Waals surface area contributed by atoms with Crippen LogP contribution >= 0.6 is 0 Å². The summed E-state index contributed by atoms with van der Waals surface area (Å²) < 4.78 is 29.7. The molecule has 0 saturated carbocycles. The first-order chi connectivity index (χ1) is 9.03. The fourth-order valence-corrected chi connectivity index (χ4v) is 4.24. The molecule has 0 aliphatic heterocycles. The topological polar surface area (TPSA) is 55.4 Å². The molecule has 0 fully saturated rings. The molecule has 19 heavy (non-hydrogen) atoms. The smallest absolute Gasteiger partial charge is 0.155 e. The fourth-order valence-electron chi connectivity index (χ4n) is 2.72. The predicted octanol–water partition coefficient (Wildman–Crippen LogP) is 1.71. The van der Waals surface area contributed by atoms with Crippen LogP contribution in [0.15, 0.2) is 18.2 Å². The second-order valence-corrected chi connectivity index (χ2v) is 7.30. The Hall–Kier alpha value is -1.07. The highest BCUT2D eigenvalue weighted by Crippen LogP contribution is 2.37. The zero-order valence-corrected chi connectivity index (χ0v) is 12.5. The summed E-state index contributed by atoms with van der Waals surface area (Å²) in [6.45, 7) is 4.45. The van der Waals surface area contributed by atoms with Gasteiger partial charge in [0.2, 0.25) is 0 Å². The molecular formula is C14H21NO3S. The molecule has 0 radical (unpaired) electrons. The van der Waals surface area contributed by atoms with Crippen LogP contribution in [-0.2, 0) is 16.3 Å². The van der Waals surface area contributed by atoms with Gasteiger partial charge in [0, 0.05) is 11.8 Å². The Balaban J connectivity index is 2.43. The fraction of sp³-hybridized carbons (Fsp3) is 0.571. The van der Waals surface area contributed by atoms with Gasteiger partial charge in [-0.3, -0.25) is 0 Å². The Kier molecular flexibility index (Phi) is 4.16. The lowest BCUT2D eigenvalue weighted by Crippen LogP contribution is -2.35. The Bertz CT molecular complexity index is 554. The minimum Gasteiger partial charge on any atom is -0.497 e. The number of fused-ring (bicyclic) bond motifs is 1. The van der Waals surface area contributed by atoms with Gasteiger partial charge in [0.15, 0.2) is 9.84 Å². The zero-order chi connectivity index (χ0) is 14.0. The molecule has 0 bridgehead atoms. The first-order valence-electron chi connectivity index (χ1n) is 6.65. The quantitative estimate of drug-likeness (QED) is 0.893. The van der Waals surface area contributed by atoms with Gasteiger partial charge in [-0.1, -0.05) is 19.9 Å². The molecule has 2 atom stereocenters. The summed E-state index contributed by atoms with van der Waals surface area (Å²) in [7, 11) is -1.44. The van der Waals surface area contributed by atoms with Crippen LogP contribution in [-0.4, -0.2) is 33.1 Å². The van der Waals surface area contributed by atoms with Crippen LogP contribution in [0.4, 0.5) is 0 Å². The molecule has 0 aromatic heterocycles. The van der Waals surface area contributed by atoms with Crippen molar-refractivity contribution in [3.63, 3.8) is 0 Å². The zero-order valence-electron chi connectivity index (χ0n) is 11.6. The minimum atomic E-state index is -3.06. The van der Waals surface area contributed by atoms with Crippen LogP contribution in [0.5, 0.6) is 5.75 Å². The first-order valence-corrected chi connectivity index (χ1v) is 8.36. The maximum absolute atomic E-state index is 12.2. The second-order valence-electron chi connectivity index (χ2n) is 4.79. The highest BCUT2D eigenvalue weighted by molar-refractivity contribution is 7.92. The van der Waals surface area contributed by atoms with Gasteiger partial charge in [-0.15, -0.1) is 0 Å². The van der Waals surface area contributed by atoms with Gasteiger partial charge in [-0.2, -0.15) is 0 Å². The molecule has 1 aromatic carbocycles. The first kappa shape index (κ1) is 14.3. The highest BCUT2D eigenvalue weighted by atomic mass is 32.2. The SMILES string of the molecule is CCNC1c2cc(OC)ccc2CC1S(=O)(=O)CC. The number of hydrogen-bond donors (Lipinski definition) is 1. The number of ether oxygens (including phenoxy) is 1. The van der Waals surface area contributed by atoms with Gasteiger partial charge in [-0.05, 0) is 36.2 Å². The molecule has 1 aliphatic carbocycles. The van der Waals surface area contributed by atoms with Crippen LogP contribution in [0.3, 0.4) is 0 Å². The number of benzene rings is 1. The van der Waals surface area contributed by atoms with Crippen LogP contribution in [0, 0.1) is 0 Å². The van der Waals surface area contributed by atoms with Crippen molar-refractivity contribution in [2.24, 2.45) is 0 Å².